The smallest absolute Gasteiger partial charge is 0.00953 e. The van der Waals surface area contributed by atoms with E-state index in [0.717, 1.165) is 11.8 Å². The van der Waals surface area contributed by atoms with Gasteiger partial charge in [-0.25, -0.2) is 0 Å². The second kappa shape index (κ2) is 5.77. The second-order valence-corrected chi connectivity index (χ2v) is 6.18. The lowest BCUT2D eigenvalue weighted by molar-refractivity contribution is 0.0552. The Hall–Kier alpha value is 0.310. The van der Waals surface area contributed by atoms with Crippen molar-refractivity contribution in [3.05, 3.63) is 0 Å². The zero-order valence-electron chi connectivity index (χ0n) is 10.7. The van der Waals surface area contributed by atoms with Gasteiger partial charge in [-0.05, 0) is 43.4 Å². The highest BCUT2D eigenvalue weighted by Gasteiger charge is 2.38. The van der Waals surface area contributed by atoms with Gasteiger partial charge in [0.15, 0.2) is 0 Å². The van der Waals surface area contributed by atoms with E-state index in [1.54, 1.807) is 0 Å². The van der Waals surface area contributed by atoms with Crippen molar-refractivity contribution in [1.29, 1.82) is 0 Å². The highest BCUT2D eigenvalue weighted by molar-refractivity contribution is 7.80. The van der Waals surface area contributed by atoms with Crippen LogP contribution < -0.4 is 0 Å². The molecule has 2 heteroatoms. The van der Waals surface area contributed by atoms with Crippen LogP contribution in [0.15, 0.2) is 0 Å². The Morgan fingerprint density at radius 3 is 2.25 bits per heavy atom. The third-order valence-corrected chi connectivity index (χ3v) is 5.46. The number of rotatable bonds is 5. The summed E-state index contributed by atoms with van der Waals surface area (Å²) in [4.78, 5) is 2.76. The Morgan fingerprint density at radius 1 is 1.12 bits per heavy atom. The molecule has 0 bridgehead atoms. The Balaban J connectivity index is 1.88. The molecule has 16 heavy (non-hydrogen) atoms. The molecule has 0 aromatic rings. The van der Waals surface area contributed by atoms with Crippen LogP contribution in [0.2, 0.25) is 0 Å². The quantitative estimate of drug-likeness (QED) is 0.718. The molecule has 0 atom stereocenters. The fourth-order valence-corrected chi connectivity index (χ4v) is 3.84. The second-order valence-electron chi connectivity index (χ2n) is 5.87. The summed E-state index contributed by atoms with van der Waals surface area (Å²) in [6, 6.07) is 0.885. The van der Waals surface area contributed by atoms with E-state index in [1.165, 1.54) is 64.5 Å². The maximum absolute atomic E-state index is 4.58. The molecule has 0 saturated heterocycles. The molecule has 94 valence electrons. The van der Waals surface area contributed by atoms with Crippen LogP contribution in [0.5, 0.6) is 0 Å². The van der Waals surface area contributed by atoms with Crippen molar-refractivity contribution in [3.8, 4) is 0 Å². The standard InChI is InChI=1S/C14H27NS/c1-2-15(13-7-4-3-5-8-13)11-14(12-16)9-6-10-14/h13,16H,2-12H2,1H3. The Morgan fingerprint density at radius 2 is 1.81 bits per heavy atom. The van der Waals surface area contributed by atoms with Gasteiger partial charge in [0, 0.05) is 12.6 Å². The molecule has 0 radical (unpaired) electrons. The van der Waals surface area contributed by atoms with E-state index in [9.17, 15) is 0 Å². The molecule has 2 aliphatic carbocycles. The van der Waals surface area contributed by atoms with Gasteiger partial charge in [-0.2, -0.15) is 12.6 Å². The first-order chi connectivity index (χ1) is 7.79. The summed E-state index contributed by atoms with van der Waals surface area (Å²) in [5.74, 6) is 1.09. The average molecular weight is 241 g/mol. The molecule has 0 N–H and O–H groups in total. The van der Waals surface area contributed by atoms with Crippen molar-refractivity contribution >= 4 is 12.6 Å². The molecular formula is C14H27NS. The van der Waals surface area contributed by atoms with E-state index < -0.39 is 0 Å². The Labute approximate surface area is 106 Å². The van der Waals surface area contributed by atoms with E-state index in [1.807, 2.05) is 0 Å². The maximum atomic E-state index is 4.58. The molecule has 2 saturated carbocycles. The molecular weight excluding hydrogens is 214 g/mol. The molecule has 0 aromatic heterocycles. The minimum Gasteiger partial charge on any atom is -0.300 e. The van der Waals surface area contributed by atoms with Gasteiger partial charge in [-0.15, -0.1) is 0 Å². The number of hydrogen-bond acceptors (Lipinski definition) is 2. The number of nitrogens with zero attached hydrogens (tertiary/aromatic N) is 1. The summed E-state index contributed by atoms with van der Waals surface area (Å²) in [7, 11) is 0. The molecule has 2 aliphatic rings. The Kier molecular flexibility index (Phi) is 4.60. The lowest BCUT2D eigenvalue weighted by Gasteiger charge is -2.46. The van der Waals surface area contributed by atoms with Crippen LogP contribution in [0.4, 0.5) is 0 Å². The molecule has 0 amide bonds. The first-order valence-electron chi connectivity index (χ1n) is 7.14. The van der Waals surface area contributed by atoms with Gasteiger partial charge in [0.2, 0.25) is 0 Å². The van der Waals surface area contributed by atoms with Gasteiger partial charge in [-0.1, -0.05) is 32.6 Å². The van der Waals surface area contributed by atoms with Gasteiger partial charge in [-0.3, -0.25) is 0 Å². The lowest BCUT2D eigenvalue weighted by Crippen LogP contribution is -2.48. The highest BCUT2D eigenvalue weighted by atomic mass is 32.1. The predicted octanol–water partition coefficient (Wildman–Crippen LogP) is 3.74. The summed E-state index contributed by atoms with van der Waals surface area (Å²) in [6.45, 7) is 4.89. The summed E-state index contributed by atoms with van der Waals surface area (Å²) < 4.78 is 0. The van der Waals surface area contributed by atoms with Gasteiger partial charge >= 0.3 is 0 Å². The SMILES string of the molecule is CCN(CC1(CS)CCC1)C1CCCCC1. The van der Waals surface area contributed by atoms with E-state index >= 15 is 0 Å². The van der Waals surface area contributed by atoms with E-state index in [0.29, 0.717) is 5.41 Å². The topological polar surface area (TPSA) is 3.24 Å². The summed E-state index contributed by atoms with van der Waals surface area (Å²) >= 11 is 4.58. The van der Waals surface area contributed by atoms with E-state index in [-0.39, 0.29) is 0 Å². The van der Waals surface area contributed by atoms with Crippen molar-refractivity contribution in [2.75, 3.05) is 18.8 Å². The summed E-state index contributed by atoms with van der Waals surface area (Å²) in [5.41, 5.74) is 0.580. The van der Waals surface area contributed by atoms with E-state index in [2.05, 4.69) is 24.5 Å². The van der Waals surface area contributed by atoms with Crippen LogP contribution in [0.25, 0.3) is 0 Å². The summed E-state index contributed by atoms with van der Waals surface area (Å²) in [6.07, 6.45) is 11.5. The van der Waals surface area contributed by atoms with Crippen LogP contribution in [0.1, 0.15) is 58.3 Å². The lowest BCUT2D eigenvalue weighted by atomic mass is 9.69. The van der Waals surface area contributed by atoms with Crippen LogP contribution in [0.3, 0.4) is 0 Å². The molecule has 0 aliphatic heterocycles. The van der Waals surface area contributed by atoms with Crippen molar-refractivity contribution < 1.29 is 0 Å². The third-order valence-electron chi connectivity index (χ3n) is 4.79. The fourth-order valence-electron chi connectivity index (χ4n) is 3.42. The fraction of sp³-hybridized carbons (Fsp3) is 1.00. The minimum absolute atomic E-state index is 0.580. The monoisotopic (exact) mass is 241 g/mol. The molecule has 2 fully saturated rings. The largest absolute Gasteiger partial charge is 0.300 e. The molecule has 0 heterocycles. The number of hydrogen-bond donors (Lipinski definition) is 1. The van der Waals surface area contributed by atoms with Gasteiger partial charge in [0.1, 0.15) is 0 Å². The van der Waals surface area contributed by atoms with Crippen molar-refractivity contribution in [2.24, 2.45) is 5.41 Å². The average Bonchev–Trinajstić information content (AvgIpc) is 2.30. The predicted molar refractivity (Wildman–Crippen MR) is 74.3 cm³/mol. The first-order valence-corrected chi connectivity index (χ1v) is 7.78. The molecule has 1 nitrogen and oxygen atoms in total. The third kappa shape index (κ3) is 2.76. The van der Waals surface area contributed by atoms with Crippen molar-refractivity contribution in [2.45, 2.75) is 64.3 Å². The Bertz CT molecular complexity index is 201. The van der Waals surface area contributed by atoms with Gasteiger partial charge < -0.3 is 4.90 Å². The van der Waals surface area contributed by atoms with Gasteiger partial charge in [0.25, 0.3) is 0 Å². The van der Waals surface area contributed by atoms with Crippen molar-refractivity contribution in [3.63, 3.8) is 0 Å². The summed E-state index contributed by atoms with van der Waals surface area (Å²) in [5, 5.41) is 0. The van der Waals surface area contributed by atoms with Gasteiger partial charge in [0.05, 0.1) is 0 Å². The first kappa shape index (κ1) is 12.8. The minimum atomic E-state index is 0.580. The molecule has 2 rings (SSSR count). The molecule has 0 spiro atoms. The zero-order valence-corrected chi connectivity index (χ0v) is 11.6. The highest BCUT2D eigenvalue weighted by Crippen LogP contribution is 2.43. The van der Waals surface area contributed by atoms with Crippen LogP contribution >= 0.6 is 12.6 Å². The van der Waals surface area contributed by atoms with Crippen LogP contribution in [-0.4, -0.2) is 29.8 Å². The molecule has 0 aromatic carbocycles. The maximum Gasteiger partial charge on any atom is 0.00953 e. The van der Waals surface area contributed by atoms with Crippen LogP contribution in [-0.2, 0) is 0 Å². The zero-order chi connectivity index (χ0) is 11.4. The van der Waals surface area contributed by atoms with Crippen LogP contribution in [0, 0.1) is 5.41 Å². The van der Waals surface area contributed by atoms with Crippen molar-refractivity contribution in [1.82, 2.24) is 4.90 Å². The van der Waals surface area contributed by atoms with E-state index in [4.69, 9.17) is 0 Å². The number of thiol groups is 1. The normalized spacial score (nSPS) is 25.7. The molecule has 0 unspecified atom stereocenters.